The van der Waals surface area contributed by atoms with Gasteiger partial charge in [-0.05, 0) is 29.8 Å². The average Bonchev–Trinajstić information content (AvgIpc) is 2.91. The molecule has 0 fully saturated rings. The van der Waals surface area contributed by atoms with Crippen molar-refractivity contribution >= 4 is 11.6 Å². The van der Waals surface area contributed by atoms with Gasteiger partial charge in [0.15, 0.2) is 0 Å². The van der Waals surface area contributed by atoms with Crippen LogP contribution in [0.2, 0.25) is 5.02 Å². The minimum atomic E-state index is -0.533. The zero-order chi connectivity index (χ0) is 14.5. The fraction of sp³-hybridized carbons (Fsp3) is 0.214. The maximum Gasteiger partial charge on any atom is 0.203 e. The van der Waals surface area contributed by atoms with Gasteiger partial charge >= 0.3 is 0 Å². The van der Waals surface area contributed by atoms with Gasteiger partial charge in [0.2, 0.25) is 5.76 Å². The summed E-state index contributed by atoms with van der Waals surface area (Å²) in [6, 6.07) is 9.03. The maximum atomic E-state index is 13.4. The summed E-state index contributed by atoms with van der Waals surface area (Å²) in [5, 5.41) is 21.1. The van der Waals surface area contributed by atoms with E-state index in [-0.39, 0.29) is 17.4 Å². The van der Waals surface area contributed by atoms with Crippen LogP contribution < -0.4 is 5.32 Å². The molecule has 1 heterocycles. The van der Waals surface area contributed by atoms with Crippen LogP contribution in [0.3, 0.4) is 0 Å². The largest absolute Gasteiger partial charge is 0.449 e. The number of hydrogen-bond acceptors (Lipinski definition) is 4. The molecule has 1 aromatic heterocycles. The van der Waals surface area contributed by atoms with E-state index < -0.39 is 11.9 Å². The van der Waals surface area contributed by atoms with Crippen LogP contribution in [-0.2, 0) is 6.54 Å². The predicted molar refractivity (Wildman–Crippen MR) is 71.5 cm³/mol. The summed E-state index contributed by atoms with van der Waals surface area (Å²) in [5.74, 6) is 0.253. The number of furan rings is 1. The van der Waals surface area contributed by atoms with Crippen LogP contribution in [0.15, 0.2) is 34.7 Å². The molecular formula is C14H12ClFN2O2. The standard InChI is InChI=1S/C14H12ClFN2O2/c15-12-4-1-9(5-13(12)16)14(8-19)18-7-11-3-2-10(6-17)20-11/h1-5,14,18-19H,7-8H2. The van der Waals surface area contributed by atoms with Crippen molar-refractivity contribution in [1.82, 2.24) is 5.32 Å². The first kappa shape index (κ1) is 14.5. The Morgan fingerprint density at radius 1 is 1.40 bits per heavy atom. The van der Waals surface area contributed by atoms with E-state index in [9.17, 15) is 9.50 Å². The quantitative estimate of drug-likeness (QED) is 0.889. The molecule has 0 spiro atoms. The molecule has 2 aromatic rings. The molecule has 2 rings (SSSR count). The highest BCUT2D eigenvalue weighted by molar-refractivity contribution is 6.30. The van der Waals surface area contributed by atoms with Crippen molar-refractivity contribution < 1.29 is 13.9 Å². The fourth-order valence-electron chi connectivity index (χ4n) is 1.77. The van der Waals surface area contributed by atoms with Crippen molar-refractivity contribution in [2.75, 3.05) is 6.61 Å². The van der Waals surface area contributed by atoms with E-state index >= 15 is 0 Å². The lowest BCUT2D eigenvalue weighted by Crippen LogP contribution is -2.23. The van der Waals surface area contributed by atoms with Gasteiger partial charge in [0, 0.05) is 0 Å². The van der Waals surface area contributed by atoms with Gasteiger partial charge in [0.1, 0.15) is 17.6 Å². The molecule has 0 radical (unpaired) electrons. The zero-order valence-electron chi connectivity index (χ0n) is 10.4. The second-order valence-electron chi connectivity index (χ2n) is 4.17. The summed E-state index contributed by atoms with van der Waals surface area (Å²) in [5.41, 5.74) is 0.585. The summed E-state index contributed by atoms with van der Waals surface area (Å²) in [7, 11) is 0. The van der Waals surface area contributed by atoms with E-state index in [2.05, 4.69) is 5.32 Å². The molecule has 0 amide bonds. The number of nitriles is 1. The van der Waals surface area contributed by atoms with Crippen LogP contribution in [-0.4, -0.2) is 11.7 Å². The number of halogens is 2. The highest BCUT2D eigenvalue weighted by Gasteiger charge is 2.13. The van der Waals surface area contributed by atoms with E-state index in [1.165, 1.54) is 12.1 Å². The third-order valence-corrected chi connectivity index (χ3v) is 3.13. The number of nitrogens with zero attached hydrogens (tertiary/aromatic N) is 1. The Morgan fingerprint density at radius 3 is 2.80 bits per heavy atom. The summed E-state index contributed by atoms with van der Waals surface area (Å²) in [4.78, 5) is 0. The number of hydrogen-bond donors (Lipinski definition) is 2. The molecule has 0 aliphatic rings. The van der Waals surface area contributed by atoms with Gasteiger partial charge in [-0.1, -0.05) is 17.7 Å². The topological polar surface area (TPSA) is 69.2 Å². The first-order chi connectivity index (χ1) is 9.63. The molecule has 104 valence electrons. The number of aliphatic hydroxyl groups is 1. The van der Waals surface area contributed by atoms with Gasteiger partial charge in [-0.3, -0.25) is 0 Å². The Labute approximate surface area is 120 Å². The lowest BCUT2D eigenvalue weighted by Gasteiger charge is -2.16. The normalized spacial score (nSPS) is 12.1. The molecule has 2 N–H and O–H groups in total. The second-order valence-corrected chi connectivity index (χ2v) is 4.57. The molecule has 0 saturated carbocycles. The number of aliphatic hydroxyl groups excluding tert-OH is 1. The Balaban J connectivity index is 2.05. The van der Waals surface area contributed by atoms with Gasteiger partial charge in [-0.2, -0.15) is 5.26 Å². The lowest BCUT2D eigenvalue weighted by molar-refractivity contribution is 0.240. The van der Waals surface area contributed by atoms with E-state index in [0.29, 0.717) is 17.9 Å². The van der Waals surface area contributed by atoms with Crippen molar-refractivity contribution in [2.24, 2.45) is 0 Å². The van der Waals surface area contributed by atoms with Gasteiger partial charge in [-0.25, -0.2) is 4.39 Å². The zero-order valence-corrected chi connectivity index (χ0v) is 11.2. The number of benzene rings is 1. The summed E-state index contributed by atoms with van der Waals surface area (Å²) < 4.78 is 18.6. The Bertz CT molecular complexity index is 636. The minimum absolute atomic E-state index is 0.0372. The molecule has 1 atom stereocenters. The van der Waals surface area contributed by atoms with Crippen molar-refractivity contribution in [3.8, 4) is 6.07 Å². The third kappa shape index (κ3) is 3.36. The molecule has 0 aliphatic heterocycles. The van der Waals surface area contributed by atoms with Gasteiger partial charge in [0.25, 0.3) is 0 Å². The molecule has 20 heavy (non-hydrogen) atoms. The summed E-state index contributed by atoms with van der Waals surface area (Å²) >= 11 is 5.62. The Kier molecular flexibility index (Phi) is 4.74. The van der Waals surface area contributed by atoms with Crippen molar-refractivity contribution in [2.45, 2.75) is 12.6 Å². The highest BCUT2D eigenvalue weighted by Crippen LogP contribution is 2.20. The van der Waals surface area contributed by atoms with Crippen LogP contribution in [0.25, 0.3) is 0 Å². The van der Waals surface area contributed by atoms with Gasteiger partial charge < -0.3 is 14.8 Å². The van der Waals surface area contributed by atoms with Crippen LogP contribution in [0, 0.1) is 17.1 Å². The summed E-state index contributed by atoms with van der Waals surface area (Å²) in [6.07, 6.45) is 0. The van der Waals surface area contributed by atoms with E-state index in [0.717, 1.165) is 0 Å². The molecule has 4 nitrogen and oxygen atoms in total. The van der Waals surface area contributed by atoms with Gasteiger partial charge in [-0.15, -0.1) is 0 Å². The predicted octanol–water partition coefficient (Wildman–Crippen LogP) is 2.77. The van der Waals surface area contributed by atoms with Crippen LogP contribution in [0.4, 0.5) is 4.39 Å². The molecule has 0 aliphatic carbocycles. The van der Waals surface area contributed by atoms with E-state index in [1.54, 1.807) is 18.2 Å². The van der Waals surface area contributed by atoms with Crippen molar-refractivity contribution in [3.63, 3.8) is 0 Å². The highest BCUT2D eigenvalue weighted by atomic mass is 35.5. The first-order valence-corrected chi connectivity index (χ1v) is 6.30. The summed E-state index contributed by atoms with van der Waals surface area (Å²) in [6.45, 7) is 0.115. The monoisotopic (exact) mass is 294 g/mol. The van der Waals surface area contributed by atoms with Crippen LogP contribution in [0.5, 0.6) is 0 Å². The smallest absolute Gasteiger partial charge is 0.203 e. The average molecular weight is 295 g/mol. The first-order valence-electron chi connectivity index (χ1n) is 5.92. The van der Waals surface area contributed by atoms with Crippen LogP contribution in [0.1, 0.15) is 23.1 Å². The van der Waals surface area contributed by atoms with E-state index in [4.69, 9.17) is 21.3 Å². The SMILES string of the molecule is N#Cc1ccc(CNC(CO)c2ccc(Cl)c(F)c2)o1. The molecule has 0 bridgehead atoms. The maximum absolute atomic E-state index is 13.4. The fourth-order valence-corrected chi connectivity index (χ4v) is 1.89. The molecule has 1 unspecified atom stereocenters. The van der Waals surface area contributed by atoms with E-state index in [1.807, 2.05) is 6.07 Å². The molecule has 0 saturated heterocycles. The Morgan fingerprint density at radius 2 is 2.20 bits per heavy atom. The Hall–Kier alpha value is -1.87. The third-order valence-electron chi connectivity index (χ3n) is 2.82. The molecular weight excluding hydrogens is 283 g/mol. The number of rotatable bonds is 5. The number of nitrogens with one attached hydrogen (secondary N) is 1. The molecule has 6 heteroatoms. The lowest BCUT2D eigenvalue weighted by atomic mass is 10.1. The van der Waals surface area contributed by atoms with Crippen molar-refractivity contribution in [1.29, 1.82) is 5.26 Å². The minimum Gasteiger partial charge on any atom is -0.449 e. The van der Waals surface area contributed by atoms with Crippen molar-refractivity contribution in [3.05, 3.63) is 58.3 Å². The molecule has 1 aromatic carbocycles. The van der Waals surface area contributed by atoms with Crippen LogP contribution >= 0.6 is 11.6 Å². The second kappa shape index (κ2) is 6.53. The van der Waals surface area contributed by atoms with Gasteiger partial charge in [0.05, 0.1) is 24.2 Å².